The van der Waals surface area contributed by atoms with Gasteiger partial charge in [-0.25, -0.2) is 9.67 Å². The predicted octanol–water partition coefficient (Wildman–Crippen LogP) is 4.84. The summed E-state index contributed by atoms with van der Waals surface area (Å²) >= 11 is 9.89. The first-order valence-electron chi connectivity index (χ1n) is 8.89. The van der Waals surface area contributed by atoms with Crippen LogP contribution in [0.25, 0.3) is 22.3 Å². The van der Waals surface area contributed by atoms with Crippen molar-refractivity contribution in [1.29, 1.82) is 0 Å². The maximum atomic E-state index is 10.2. The van der Waals surface area contributed by atoms with Crippen LogP contribution in [-0.4, -0.2) is 31.5 Å². The van der Waals surface area contributed by atoms with E-state index >= 15 is 0 Å². The molecule has 1 fully saturated rings. The fourth-order valence-electron chi connectivity index (χ4n) is 3.35. The van der Waals surface area contributed by atoms with Crippen LogP contribution in [0.4, 0.5) is 0 Å². The van der Waals surface area contributed by atoms with Crippen LogP contribution in [0.5, 0.6) is 0 Å². The minimum atomic E-state index is -1.11. The molecule has 8 heteroatoms. The molecule has 3 aromatic rings. The van der Waals surface area contributed by atoms with Gasteiger partial charge in [0.25, 0.3) is 0 Å². The molecule has 1 aliphatic rings. The van der Waals surface area contributed by atoms with Crippen LogP contribution in [0, 0.1) is 0 Å². The summed E-state index contributed by atoms with van der Waals surface area (Å²) in [6.07, 6.45) is 6.40. The number of pyridine rings is 2. The molecule has 1 aliphatic heterocycles. The van der Waals surface area contributed by atoms with E-state index < -0.39 is 5.60 Å². The Morgan fingerprint density at radius 1 is 1.26 bits per heavy atom. The van der Waals surface area contributed by atoms with Crippen LogP contribution in [0.2, 0.25) is 5.02 Å². The summed E-state index contributed by atoms with van der Waals surface area (Å²) in [7, 11) is 0. The molecule has 1 atom stereocenters. The number of ether oxygens (including phenoxy) is 1. The van der Waals surface area contributed by atoms with Gasteiger partial charge in [-0.15, -0.1) is 0 Å². The Hall–Kier alpha value is -1.54. The van der Waals surface area contributed by atoms with Gasteiger partial charge in [-0.3, -0.25) is 4.98 Å². The van der Waals surface area contributed by atoms with E-state index in [-0.39, 0.29) is 6.23 Å². The molecule has 4 rings (SSSR count). The van der Waals surface area contributed by atoms with Gasteiger partial charge in [-0.05, 0) is 61.2 Å². The zero-order valence-electron chi connectivity index (χ0n) is 15.1. The van der Waals surface area contributed by atoms with Crippen molar-refractivity contribution in [3.63, 3.8) is 0 Å². The van der Waals surface area contributed by atoms with Crippen LogP contribution in [0.3, 0.4) is 0 Å². The van der Waals surface area contributed by atoms with E-state index in [0.29, 0.717) is 10.7 Å². The van der Waals surface area contributed by atoms with Gasteiger partial charge >= 0.3 is 0 Å². The van der Waals surface area contributed by atoms with E-state index in [9.17, 15) is 5.11 Å². The number of hydrogen-bond acceptors (Lipinski definition) is 5. The van der Waals surface area contributed by atoms with Crippen molar-refractivity contribution in [2.45, 2.75) is 44.9 Å². The summed E-state index contributed by atoms with van der Waals surface area (Å²) in [5, 5.41) is 16.3. The Morgan fingerprint density at radius 3 is 2.74 bits per heavy atom. The van der Waals surface area contributed by atoms with E-state index in [1.54, 1.807) is 32.3 Å². The molecular formula is C19H20BrClN4O2. The third kappa shape index (κ3) is 3.61. The van der Waals surface area contributed by atoms with Crippen molar-refractivity contribution >= 4 is 38.6 Å². The molecule has 0 aliphatic carbocycles. The molecule has 0 radical (unpaired) electrons. The van der Waals surface area contributed by atoms with Crippen LogP contribution in [0.1, 0.15) is 45.0 Å². The highest BCUT2D eigenvalue weighted by atomic mass is 79.9. The molecule has 27 heavy (non-hydrogen) atoms. The second-order valence-electron chi connectivity index (χ2n) is 7.25. The first kappa shape index (κ1) is 18.8. The molecule has 1 unspecified atom stereocenters. The van der Waals surface area contributed by atoms with Crippen molar-refractivity contribution in [3.8, 4) is 11.3 Å². The Labute approximate surface area is 170 Å². The Bertz CT molecular complexity index is 993. The standard InChI is InChI=1S/C19H20BrClN4O2/c1-19(2,26)17-14(21)7-11(9-22-17)16-13-8-12(20)10-23-18(13)25(24-16)15-5-3-4-6-27-15/h7-10,15,26H,3-6H2,1-2H3. The summed E-state index contributed by atoms with van der Waals surface area (Å²) in [6.45, 7) is 4.05. The fourth-order valence-corrected chi connectivity index (χ4v) is 4.07. The third-order valence-corrected chi connectivity index (χ3v) is 5.36. The minimum absolute atomic E-state index is 0.122. The Kier molecular flexibility index (Phi) is 4.96. The first-order chi connectivity index (χ1) is 12.8. The molecule has 0 saturated carbocycles. The van der Waals surface area contributed by atoms with Crippen molar-refractivity contribution in [3.05, 3.63) is 39.7 Å². The number of rotatable bonds is 3. The predicted molar refractivity (Wildman–Crippen MR) is 108 cm³/mol. The van der Waals surface area contributed by atoms with Crippen molar-refractivity contribution in [2.24, 2.45) is 0 Å². The van der Waals surface area contributed by atoms with Crippen molar-refractivity contribution in [2.75, 3.05) is 6.61 Å². The number of halogens is 2. The highest BCUT2D eigenvalue weighted by Crippen LogP contribution is 2.35. The van der Waals surface area contributed by atoms with E-state index in [1.165, 1.54) is 0 Å². The summed E-state index contributed by atoms with van der Waals surface area (Å²) in [4.78, 5) is 8.94. The van der Waals surface area contributed by atoms with Gasteiger partial charge in [-0.1, -0.05) is 11.6 Å². The summed E-state index contributed by atoms with van der Waals surface area (Å²) in [5.74, 6) is 0. The first-order valence-corrected chi connectivity index (χ1v) is 10.1. The average molecular weight is 452 g/mol. The second-order valence-corrected chi connectivity index (χ2v) is 8.58. The SMILES string of the molecule is CC(C)(O)c1ncc(-c2nn(C3CCCCO3)c3ncc(Br)cc23)cc1Cl. The monoisotopic (exact) mass is 450 g/mol. The van der Waals surface area contributed by atoms with Crippen LogP contribution in [-0.2, 0) is 10.3 Å². The van der Waals surface area contributed by atoms with E-state index in [0.717, 1.165) is 52.6 Å². The van der Waals surface area contributed by atoms with E-state index in [2.05, 4.69) is 25.9 Å². The Morgan fingerprint density at radius 2 is 2.07 bits per heavy atom. The van der Waals surface area contributed by atoms with Gasteiger partial charge in [0, 0.05) is 34.4 Å². The molecule has 0 amide bonds. The average Bonchev–Trinajstić information content (AvgIpc) is 3.00. The highest BCUT2D eigenvalue weighted by molar-refractivity contribution is 9.10. The van der Waals surface area contributed by atoms with Crippen molar-refractivity contribution in [1.82, 2.24) is 19.7 Å². The molecule has 0 bridgehead atoms. The summed E-state index contributed by atoms with van der Waals surface area (Å²) < 4.78 is 8.64. The number of nitrogens with zero attached hydrogens (tertiary/aromatic N) is 4. The fraction of sp³-hybridized carbons (Fsp3) is 0.421. The largest absolute Gasteiger partial charge is 0.384 e. The normalized spacial score (nSPS) is 18.2. The smallest absolute Gasteiger partial charge is 0.161 e. The highest BCUT2D eigenvalue weighted by Gasteiger charge is 2.25. The lowest BCUT2D eigenvalue weighted by Gasteiger charge is -2.23. The lowest BCUT2D eigenvalue weighted by molar-refractivity contribution is -0.0368. The maximum Gasteiger partial charge on any atom is 0.161 e. The molecule has 1 N–H and O–H groups in total. The van der Waals surface area contributed by atoms with Crippen LogP contribution >= 0.6 is 27.5 Å². The molecule has 4 heterocycles. The van der Waals surface area contributed by atoms with Gasteiger partial charge in [0.2, 0.25) is 0 Å². The lowest BCUT2D eigenvalue weighted by atomic mass is 10.0. The minimum Gasteiger partial charge on any atom is -0.384 e. The molecule has 3 aromatic heterocycles. The van der Waals surface area contributed by atoms with Gasteiger partial charge in [0.05, 0.1) is 10.7 Å². The topological polar surface area (TPSA) is 73.1 Å². The zero-order chi connectivity index (χ0) is 19.2. The summed E-state index contributed by atoms with van der Waals surface area (Å²) in [5.41, 5.74) is 1.60. The number of aliphatic hydroxyl groups is 1. The third-order valence-electron chi connectivity index (χ3n) is 4.64. The van der Waals surface area contributed by atoms with Gasteiger partial charge < -0.3 is 9.84 Å². The van der Waals surface area contributed by atoms with E-state index in [4.69, 9.17) is 21.4 Å². The van der Waals surface area contributed by atoms with Gasteiger partial charge in [0.1, 0.15) is 11.3 Å². The van der Waals surface area contributed by atoms with E-state index in [1.807, 2.05) is 10.7 Å². The molecule has 6 nitrogen and oxygen atoms in total. The molecule has 0 spiro atoms. The quantitative estimate of drug-likeness (QED) is 0.617. The molecule has 0 aromatic carbocycles. The van der Waals surface area contributed by atoms with Crippen molar-refractivity contribution < 1.29 is 9.84 Å². The number of fused-ring (bicyclic) bond motifs is 1. The van der Waals surface area contributed by atoms with Gasteiger partial charge in [-0.2, -0.15) is 5.10 Å². The van der Waals surface area contributed by atoms with Crippen LogP contribution < -0.4 is 0 Å². The zero-order valence-corrected chi connectivity index (χ0v) is 17.5. The number of aromatic nitrogens is 4. The van der Waals surface area contributed by atoms with Gasteiger partial charge in [0.15, 0.2) is 11.9 Å². The Balaban J connectivity index is 1.86. The lowest BCUT2D eigenvalue weighted by Crippen LogP contribution is -2.19. The molecule has 142 valence electrons. The maximum absolute atomic E-state index is 10.2. The number of hydrogen-bond donors (Lipinski definition) is 1. The van der Waals surface area contributed by atoms with Crippen LogP contribution in [0.15, 0.2) is 29.0 Å². The molecule has 1 saturated heterocycles. The second kappa shape index (κ2) is 7.13. The molecular weight excluding hydrogens is 432 g/mol. The summed E-state index contributed by atoms with van der Waals surface area (Å²) in [6, 6.07) is 3.78.